The highest BCUT2D eigenvalue weighted by atomic mass is 14.9. The van der Waals surface area contributed by atoms with Crippen molar-refractivity contribution in [2.75, 3.05) is 13.1 Å². The van der Waals surface area contributed by atoms with Crippen LogP contribution in [0.5, 0.6) is 0 Å². The molecule has 0 heterocycles. The second kappa shape index (κ2) is 9.94. The topological polar surface area (TPSA) is 12.0 Å². The molecule has 2 atom stereocenters. The van der Waals surface area contributed by atoms with Crippen molar-refractivity contribution < 1.29 is 0 Å². The van der Waals surface area contributed by atoms with E-state index in [9.17, 15) is 0 Å². The number of unbranched alkanes of at least 4 members (excludes halogenated alkanes) is 6. The van der Waals surface area contributed by atoms with Crippen molar-refractivity contribution in [3.05, 3.63) is 0 Å². The Hall–Kier alpha value is -0.0400. The van der Waals surface area contributed by atoms with Gasteiger partial charge in [0.15, 0.2) is 0 Å². The van der Waals surface area contributed by atoms with Crippen LogP contribution in [0.2, 0.25) is 0 Å². The Balaban J connectivity index is 1.86. The number of nitrogens with one attached hydrogen (secondary N) is 1. The predicted molar refractivity (Wildman–Crippen MR) is 77.4 cm³/mol. The van der Waals surface area contributed by atoms with Gasteiger partial charge in [-0.25, -0.2) is 0 Å². The van der Waals surface area contributed by atoms with Crippen LogP contribution in [0.1, 0.15) is 78.1 Å². The van der Waals surface area contributed by atoms with Crippen LogP contribution < -0.4 is 5.32 Å². The summed E-state index contributed by atoms with van der Waals surface area (Å²) < 4.78 is 0. The molecule has 0 aliphatic heterocycles. The molecular formula is C16H33N. The molecule has 1 aliphatic carbocycles. The van der Waals surface area contributed by atoms with Crippen molar-refractivity contribution in [3.8, 4) is 0 Å². The minimum absolute atomic E-state index is 1.01. The fraction of sp³-hybridized carbons (Fsp3) is 1.00. The Bertz CT molecular complexity index is 167. The SMILES string of the molecule is CCCCCCCCCC1CCC1CNCC. The Labute approximate surface area is 109 Å². The van der Waals surface area contributed by atoms with Gasteiger partial charge in [0, 0.05) is 0 Å². The zero-order chi connectivity index (χ0) is 12.3. The Morgan fingerprint density at radius 1 is 0.824 bits per heavy atom. The summed E-state index contributed by atoms with van der Waals surface area (Å²) >= 11 is 0. The average molecular weight is 239 g/mol. The minimum atomic E-state index is 1.01. The molecule has 0 saturated heterocycles. The second-order valence-electron chi connectivity index (χ2n) is 5.82. The number of hydrogen-bond donors (Lipinski definition) is 1. The maximum Gasteiger partial charge on any atom is -0.00180 e. The molecule has 1 saturated carbocycles. The lowest BCUT2D eigenvalue weighted by Gasteiger charge is -2.37. The van der Waals surface area contributed by atoms with Gasteiger partial charge >= 0.3 is 0 Å². The van der Waals surface area contributed by atoms with Gasteiger partial charge in [-0.1, -0.05) is 65.2 Å². The largest absolute Gasteiger partial charge is 0.317 e. The fourth-order valence-electron chi connectivity index (χ4n) is 2.98. The first-order chi connectivity index (χ1) is 8.38. The first-order valence-electron chi connectivity index (χ1n) is 8.09. The van der Waals surface area contributed by atoms with Gasteiger partial charge in [-0.05, 0) is 37.8 Å². The summed E-state index contributed by atoms with van der Waals surface area (Å²) in [5, 5.41) is 3.50. The minimum Gasteiger partial charge on any atom is -0.317 e. The highest BCUT2D eigenvalue weighted by Crippen LogP contribution is 2.37. The Kier molecular flexibility index (Phi) is 8.78. The molecule has 102 valence electrons. The molecule has 0 radical (unpaired) electrons. The molecule has 0 spiro atoms. The van der Waals surface area contributed by atoms with E-state index in [1.165, 1.54) is 70.8 Å². The third kappa shape index (κ3) is 6.45. The highest BCUT2D eigenvalue weighted by Gasteiger charge is 2.29. The van der Waals surface area contributed by atoms with Crippen LogP contribution in [0.3, 0.4) is 0 Å². The zero-order valence-corrected chi connectivity index (χ0v) is 12.1. The van der Waals surface area contributed by atoms with Crippen molar-refractivity contribution in [2.24, 2.45) is 11.8 Å². The van der Waals surface area contributed by atoms with Crippen molar-refractivity contribution >= 4 is 0 Å². The quantitative estimate of drug-likeness (QED) is 0.512. The van der Waals surface area contributed by atoms with Crippen LogP contribution in [-0.2, 0) is 0 Å². The maximum atomic E-state index is 3.50. The smallest absolute Gasteiger partial charge is 0.00180 e. The third-order valence-electron chi connectivity index (χ3n) is 4.41. The summed E-state index contributed by atoms with van der Waals surface area (Å²) in [4.78, 5) is 0. The predicted octanol–water partition coefficient (Wildman–Crippen LogP) is 4.76. The van der Waals surface area contributed by atoms with E-state index in [-0.39, 0.29) is 0 Å². The summed E-state index contributed by atoms with van der Waals surface area (Å²) in [6.07, 6.45) is 14.7. The average Bonchev–Trinajstić information content (AvgIpc) is 2.31. The van der Waals surface area contributed by atoms with E-state index < -0.39 is 0 Å². The molecule has 1 aliphatic rings. The number of rotatable bonds is 11. The molecule has 1 N–H and O–H groups in total. The van der Waals surface area contributed by atoms with Gasteiger partial charge < -0.3 is 5.32 Å². The molecule has 1 nitrogen and oxygen atoms in total. The lowest BCUT2D eigenvalue weighted by Crippen LogP contribution is -2.35. The van der Waals surface area contributed by atoms with Crippen molar-refractivity contribution in [1.82, 2.24) is 5.32 Å². The van der Waals surface area contributed by atoms with E-state index in [0.717, 1.165) is 18.4 Å². The van der Waals surface area contributed by atoms with E-state index >= 15 is 0 Å². The Morgan fingerprint density at radius 2 is 1.47 bits per heavy atom. The van der Waals surface area contributed by atoms with Gasteiger partial charge in [0.05, 0.1) is 0 Å². The van der Waals surface area contributed by atoms with Crippen LogP contribution in [0.15, 0.2) is 0 Å². The maximum absolute atomic E-state index is 3.50. The van der Waals surface area contributed by atoms with E-state index in [0.29, 0.717) is 0 Å². The molecule has 0 bridgehead atoms. The van der Waals surface area contributed by atoms with Gasteiger partial charge in [-0.2, -0.15) is 0 Å². The molecule has 1 fully saturated rings. The van der Waals surface area contributed by atoms with E-state index in [4.69, 9.17) is 0 Å². The van der Waals surface area contributed by atoms with Crippen molar-refractivity contribution in [3.63, 3.8) is 0 Å². The number of hydrogen-bond acceptors (Lipinski definition) is 1. The summed E-state index contributed by atoms with van der Waals surface area (Å²) in [5.41, 5.74) is 0. The molecule has 1 heteroatoms. The molecule has 1 rings (SSSR count). The van der Waals surface area contributed by atoms with Gasteiger partial charge in [0.25, 0.3) is 0 Å². The lowest BCUT2D eigenvalue weighted by atomic mass is 9.71. The monoisotopic (exact) mass is 239 g/mol. The van der Waals surface area contributed by atoms with Gasteiger partial charge in [-0.3, -0.25) is 0 Å². The molecule has 0 amide bonds. The van der Waals surface area contributed by atoms with Crippen molar-refractivity contribution in [1.29, 1.82) is 0 Å². The molecule has 0 aromatic heterocycles. The molecule has 17 heavy (non-hydrogen) atoms. The second-order valence-corrected chi connectivity index (χ2v) is 5.82. The third-order valence-corrected chi connectivity index (χ3v) is 4.41. The Morgan fingerprint density at radius 3 is 2.06 bits per heavy atom. The van der Waals surface area contributed by atoms with Crippen LogP contribution in [0.25, 0.3) is 0 Å². The zero-order valence-electron chi connectivity index (χ0n) is 12.1. The molecule has 2 unspecified atom stereocenters. The standard InChI is InChI=1S/C16H33N/c1-3-5-6-7-8-9-10-11-15-12-13-16(15)14-17-4-2/h15-17H,3-14H2,1-2H3. The van der Waals surface area contributed by atoms with Gasteiger partial charge in [0.1, 0.15) is 0 Å². The summed E-state index contributed by atoms with van der Waals surface area (Å²) in [6.45, 7) is 6.92. The summed E-state index contributed by atoms with van der Waals surface area (Å²) in [5.74, 6) is 2.07. The van der Waals surface area contributed by atoms with Crippen LogP contribution in [-0.4, -0.2) is 13.1 Å². The molecule has 0 aromatic carbocycles. The summed E-state index contributed by atoms with van der Waals surface area (Å²) in [7, 11) is 0. The van der Waals surface area contributed by atoms with E-state index in [2.05, 4.69) is 19.2 Å². The van der Waals surface area contributed by atoms with Crippen LogP contribution >= 0.6 is 0 Å². The normalized spacial score (nSPS) is 23.6. The van der Waals surface area contributed by atoms with Crippen LogP contribution in [0.4, 0.5) is 0 Å². The lowest BCUT2D eigenvalue weighted by molar-refractivity contribution is 0.157. The molecular weight excluding hydrogens is 206 g/mol. The molecule has 0 aromatic rings. The van der Waals surface area contributed by atoms with E-state index in [1.807, 2.05) is 0 Å². The van der Waals surface area contributed by atoms with Gasteiger partial charge in [0.2, 0.25) is 0 Å². The van der Waals surface area contributed by atoms with E-state index in [1.54, 1.807) is 0 Å². The highest BCUT2D eigenvalue weighted by molar-refractivity contribution is 4.81. The summed E-state index contributed by atoms with van der Waals surface area (Å²) in [6, 6.07) is 0. The van der Waals surface area contributed by atoms with Gasteiger partial charge in [-0.15, -0.1) is 0 Å². The van der Waals surface area contributed by atoms with Crippen LogP contribution in [0, 0.1) is 11.8 Å². The first kappa shape index (κ1) is 15.0. The first-order valence-corrected chi connectivity index (χ1v) is 8.09. The van der Waals surface area contributed by atoms with Crippen molar-refractivity contribution in [2.45, 2.75) is 78.1 Å². The fourth-order valence-corrected chi connectivity index (χ4v) is 2.98.